The Kier molecular flexibility index (Phi) is 2.74. The molecule has 0 unspecified atom stereocenters. The van der Waals surface area contributed by atoms with Crippen molar-refractivity contribution in [2.45, 2.75) is 13.0 Å². The molecule has 0 saturated carbocycles. The van der Waals surface area contributed by atoms with Gasteiger partial charge in [-0.25, -0.2) is 14.5 Å². The van der Waals surface area contributed by atoms with Crippen LogP contribution in [0.1, 0.15) is 10.4 Å². The lowest BCUT2D eigenvalue weighted by atomic mass is 10.1. The minimum absolute atomic E-state index is 0.646. The van der Waals surface area contributed by atoms with Crippen LogP contribution in [0.25, 0.3) is 27.4 Å². The number of thiophene rings is 1. The Morgan fingerprint density at radius 3 is 3.04 bits per heavy atom. The summed E-state index contributed by atoms with van der Waals surface area (Å²) in [5.74, 6) is 0.646. The average Bonchev–Trinajstić information content (AvgIpc) is 3.15. The summed E-state index contributed by atoms with van der Waals surface area (Å²) in [7, 11) is 2.16. The molecule has 7 heteroatoms. The molecule has 0 aromatic carbocycles. The van der Waals surface area contributed by atoms with Gasteiger partial charge in [-0.05, 0) is 31.2 Å². The molecule has 114 valence electrons. The van der Waals surface area contributed by atoms with Crippen molar-refractivity contribution < 1.29 is 0 Å². The quantitative estimate of drug-likeness (QED) is 0.538. The third-order valence-electron chi connectivity index (χ3n) is 4.26. The van der Waals surface area contributed by atoms with Crippen molar-refractivity contribution in [2.24, 2.45) is 0 Å². The lowest BCUT2D eigenvalue weighted by Gasteiger charge is -2.21. The summed E-state index contributed by atoms with van der Waals surface area (Å²) in [6, 6.07) is 5.77. The van der Waals surface area contributed by atoms with Crippen molar-refractivity contribution in [1.29, 1.82) is 0 Å². The fourth-order valence-corrected chi connectivity index (χ4v) is 4.39. The third kappa shape index (κ3) is 1.97. The van der Waals surface area contributed by atoms with E-state index >= 15 is 0 Å². The number of nitrogens with zero attached hydrogens (tertiary/aromatic N) is 6. The van der Waals surface area contributed by atoms with E-state index < -0.39 is 0 Å². The lowest BCUT2D eigenvalue weighted by molar-refractivity contribution is 0.318. The molecule has 0 atom stereocenters. The number of fused-ring (bicyclic) bond motifs is 5. The van der Waals surface area contributed by atoms with E-state index in [0.717, 1.165) is 41.1 Å². The van der Waals surface area contributed by atoms with Crippen LogP contribution in [0, 0.1) is 0 Å². The molecule has 0 amide bonds. The van der Waals surface area contributed by atoms with Gasteiger partial charge in [0.2, 0.25) is 5.82 Å². The topological polar surface area (TPSA) is 59.2 Å². The molecule has 0 spiro atoms. The van der Waals surface area contributed by atoms with Gasteiger partial charge in [-0.15, -0.1) is 16.4 Å². The lowest BCUT2D eigenvalue weighted by Crippen LogP contribution is -2.25. The van der Waals surface area contributed by atoms with Gasteiger partial charge in [0.15, 0.2) is 5.65 Å². The van der Waals surface area contributed by atoms with Crippen LogP contribution in [0.3, 0.4) is 0 Å². The van der Waals surface area contributed by atoms with Gasteiger partial charge in [0.1, 0.15) is 16.9 Å². The Hall–Kier alpha value is -2.38. The summed E-state index contributed by atoms with van der Waals surface area (Å²) < 4.78 is 1.78. The van der Waals surface area contributed by atoms with Crippen LogP contribution in [0.15, 0.2) is 30.7 Å². The highest BCUT2D eigenvalue weighted by atomic mass is 32.1. The molecule has 6 nitrogen and oxygen atoms in total. The van der Waals surface area contributed by atoms with Gasteiger partial charge in [0.05, 0.1) is 5.39 Å². The fraction of sp³-hybridized carbons (Fsp3) is 0.250. The molecule has 4 aromatic heterocycles. The van der Waals surface area contributed by atoms with Gasteiger partial charge in [-0.1, -0.05) is 6.07 Å². The minimum Gasteiger partial charge on any atom is -0.301 e. The molecular weight excluding hydrogens is 308 g/mol. The number of aromatic nitrogens is 5. The molecular formula is C16H14N6S. The van der Waals surface area contributed by atoms with Gasteiger partial charge in [-0.3, -0.25) is 4.98 Å². The van der Waals surface area contributed by atoms with E-state index in [0.29, 0.717) is 5.82 Å². The maximum absolute atomic E-state index is 4.75. The second kappa shape index (κ2) is 4.81. The molecule has 1 aliphatic heterocycles. The summed E-state index contributed by atoms with van der Waals surface area (Å²) in [4.78, 5) is 18.5. The first-order chi connectivity index (χ1) is 11.3. The number of rotatable bonds is 1. The molecule has 5 heterocycles. The first-order valence-electron chi connectivity index (χ1n) is 7.55. The van der Waals surface area contributed by atoms with Crippen molar-refractivity contribution in [2.75, 3.05) is 13.6 Å². The number of hydrogen-bond donors (Lipinski definition) is 0. The Balaban J connectivity index is 1.78. The predicted molar refractivity (Wildman–Crippen MR) is 89.4 cm³/mol. The average molecular weight is 322 g/mol. The smallest absolute Gasteiger partial charge is 0.200 e. The van der Waals surface area contributed by atoms with Crippen molar-refractivity contribution >= 4 is 27.2 Å². The number of hydrogen-bond acceptors (Lipinski definition) is 6. The fourth-order valence-electron chi connectivity index (χ4n) is 3.12. The van der Waals surface area contributed by atoms with Crippen LogP contribution in [0.4, 0.5) is 0 Å². The summed E-state index contributed by atoms with van der Waals surface area (Å²) >= 11 is 1.77. The summed E-state index contributed by atoms with van der Waals surface area (Å²) in [5, 5.41) is 5.71. The zero-order chi connectivity index (χ0) is 15.4. The van der Waals surface area contributed by atoms with Crippen LogP contribution < -0.4 is 0 Å². The highest BCUT2D eigenvalue weighted by Gasteiger charge is 2.22. The van der Waals surface area contributed by atoms with Crippen LogP contribution in [0.2, 0.25) is 0 Å². The van der Waals surface area contributed by atoms with Gasteiger partial charge in [0.25, 0.3) is 0 Å². The molecule has 0 bridgehead atoms. The molecule has 23 heavy (non-hydrogen) atoms. The van der Waals surface area contributed by atoms with Crippen LogP contribution in [-0.4, -0.2) is 43.1 Å². The van der Waals surface area contributed by atoms with E-state index in [-0.39, 0.29) is 0 Å². The maximum atomic E-state index is 4.75. The summed E-state index contributed by atoms with van der Waals surface area (Å²) in [5.41, 5.74) is 3.06. The normalized spacial score (nSPS) is 15.3. The van der Waals surface area contributed by atoms with E-state index in [1.807, 2.05) is 18.2 Å². The van der Waals surface area contributed by atoms with E-state index in [2.05, 4.69) is 27.0 Å². The first-order valence-corrected chi connectivity index (χ1v) is 8.37. The zero-order valence-electron chi connectivity index (χ0n) is 12.6. The maximum Gasteiger partial charge on any atom is 0.200 e. The Labute approximate surface area is 136 Å². The zero-order valence-corrected chi connectivity index (χ0v) is 13.4. The Bertz CT molecular complexity index is 1020. The first kappa shape index (κ1) is 13.1. The molecule has 0 fully saturated rings. The van der Waals surface area contributed by atoms with Gasteiger partial charge in [0, 0.05) is 24.2 Å². The Morgan fingerprint density at radius 1 is 1.22 bits per heavy atom. The van der Waals surface area contributed by atoms with Crippen molar-refractivity contribution in [3.05, 3.63) is 41.2 Å². The SMILES string of the molecule is CN1CCc2c(sc3ncn4nc(-c5ccccn5)nc4c23)C1. The second-order valence-electron chi connectivity index (χ2n) is 5.83. The summed E-state index contributed by atoms with van der Waals surface area (Å²) in [6.45, 7) is 2.06. The monoisotopic (exact) mass is 322 g/mol. The van der Waals surface area contributed by atoms with Gasteiger partial charge < -0.3 is 4.90 Å². The van der Waals surface area contributed by atoms with E-state index in [4.69, 9.17) is 4.98 Å². The second-order valence-corrected chi connectivity index (χ2v) is 6.92. The Morgan fingerprint density at radius 2 is 2.17 bits per heavy atom. The number of likely N-dealkylation sites (N-methyl/N-ethyl adjacent to an activating group) is 1. The molecule has 0 radical (unpaired) electrons. The number of pyridine rings is 1. The van der Waals surface area contributed by atoms with E-state index in [9.17, 15) is 0 Å². The molecule has 0 N–H and O–H groups in total. The largest absolute Gasteiger partial charge is 0.301 e. The van der Waals surface area contributed by atoms with Crippen molar-refractivity contribution in [1.82, 2.24) is 29.5 Å². The molecule has 0 aliphatic carbocycles. The van der Waals surface area contributed by atoms with Crippen molar-refractivity contribution in [3.63, 3.8) is 0 Å². The minimum atomic E-state index is 0.646. The predicted octanol–water partition coefficient (Wildman–Crippen LogP) is 2.39. The van der Waals surface area contributed by atoms with Crippen LogP contribution >= 0.6 is 11.3 Å². The van der Waals surface area contributed by atoms with Gasteiger partial charge >= 0.3 is 0 Å². The third-order valence-corrected chi connectivity index (χ3v) is 5.39. The van der Waals surface area contributed by atoms with E-state index in [1.165, 1.54) is 10.4 Å². The summed E-state index contributed by atoms with van der Waals surface area (Å²) in [6.07, 6.45) is 4.55. The molecule has 1 aliphatic rings. The van der Waals surface area contributed by atoms with E-state index in [1.54, 1.807) is 28.4 Å². The highest BCUT2D eigenvalue weighted by molar-refractivity contribution is 7.19. The standard InChI is InChI=1S/C16H14N6S/c1-21-7-5-10-12(8-21)23-16-13(10)15-19-14(20-22(15)9-18-16)11-4-2-3-6-17-11/h2-4,6,9H,5,7-8H2,1H3. The highest BCUT2D eigenvalue weighted by Crippen LogP contribution is 2.35. The molecule has 4 aromatic rings. The van der Waals surface area contributed by atoms with Crippen LogP contribution in [-0.2, 0) is 13.0 Å². The molecule has 0 saturated heterocycles. The van der Waals surface area contributed by atoms with Gasteiger partial charge in [-0.2, -0.15) is 0 Å². The van der Waals surface area contributed by atoms with Crippen molar-refractivity contribution in [3.8, 4) is 11.5 Å². The molecule has 5 rings (SSSR count). The van der Waals surface area contributed by atoms with Crippen LogP contribution in [0.5, 0.6) is 0 Å².